The first-order valence-electron chi connectivity index (χ1n) is 14.5. The number of para-hydroxylation sites is 1. The van der Waals surface area contributed by atoms with Gasteiger partial charge in [-0.25, -0.2) is 19.7 Å². The van der Waals surface area contributed by atoms with E-state index in [2.05, 4.69) is 51.2 Å². The molecule has 0 spiro atoms. The van der Waals surface area contributed by atoms with E-state index in [1.807, 2.05) is 32.0 Å². The number of hydrogen-bond acceptors (Lipinski definition) is 9. The van der Waals surface area contributed by atoms with Gasteiger partial charge in [-0.05, 0) is 43.7 Å². The van der Waals surface area contributed by atoms with Crippen molar-refractivity contribution < 1.29 is 14.7 Å². The van der Waals surface area contributed by atoms with Crippen LogP contribution in [0.25, 0.3) is 0 Å². The van der Waals surface area contributed by atoms with Crippen molar-refractivity contribution in [3.05, 3.63) is 51.7 Å². The Kier molecular flexibility index (Phi) is 9.10. The summed E-state index contributed by atoms with van der Waals surface area (Å²) < 4.78 is 0. The summed E-state index contributed by atoms with van der Waals surface area (Å²) in [7, 11) is 0. The van der Waals surface area contributed by atoms with Gasteiger partial charge in [0.25, 0.3) is 5.91 Å². The van der Waals surface area contributed by atoms with Gasteiger partial charge in [0.15, 0.2) is 5.13 Å². The minimum atomic E-state index is -0.823. The highest BCUT2D eigenvalue weighted by atomic mass is 35.5. The predicted octanol–water partition coefficient (Wildman–Crippen LogP) is 5.88. The van der Waals surface area contributed by atoms with Crippen LogP contribution in [0.2, 0.25) is 5.02 Å². The van der Waals surface area contributed by atoms with Crippen LogP contribution in [0.5, 0.6) is 0 Å². The predicted molar refractivity (Wildman–Crippen MR) is 171 cm³/mol. The number of nitrogens with one attached hydrogen (secondary N) is 2. The molecule has 3 N–H and O–H groups in total. The maximum absolute atomic E-state index is 12.9. The van der Waals surface area contributed by atoms with E-state index in [0.29, 0.717) is 44.9 Å². The van der Waals surface area contributed by atoms with Gasteiger partial charge < -0.3 is 25.5 Å². The minimum absolute atomic E-state index is 0.00219. The molecule has 4 heterocycles. The summed E-state index contributed by atoms with van der Waals surface area (Å²) in [5, 5.41) is 16.9. The zero-order chi connectivity index (χ0) is 30.9. The lowest BCUT2D eigenvalue weighted by atomic mass is 9.79. The van der Waals surface area contributed by atoms with Gasteiger partial charge in [0.05, 0.1) is 16.9 Å². The fraction of sp³-hybridized carbons (Fsp3) is 0.500. The SMILES string of the molecule is Cc1nc(Nc2ncc(C(=O)Nc3c(C)cccc3Cl)s2)cc(N2CCN(C3CCN(C(=O)O)C(C(C)(C)C)C3)CC2)n1. The third-order valence-corrected chi connectivity index (χ3v) is 9.45. The van der Waals surface area contributed by atoms with Crippen LogP contribution in [0.1, 0.15) is 54.7 Å². The molecule has 2 aliphatic heterocycles. The van der Waals surface area contributed by atoms with Crippen molar-refractivity contribution in [1.29, 1.82) is 0 Å². The Morgan fingerprint density at radius 3 is 2.51 bits per heavy atom. The van der Waals surface area contributed by atoms with Crippen LogP contribution in [0.4, 0.5) is 27.2 Å². The molecular weight excluding hydrogens is 588 g/mol. The maximum Gasteiger partial charge on any atom is 0.407 e. The lowest BCUT2D eigenvalue weighted by Crippen LogP contribution is -2.58. The van der Waals surface area contributed by atoms with E-state index in [4.69, 9.17) is 16.6 Å². The summed E-state index contributed by atoms with van der Waals surface area (Å²) in [6, 6.07) is 7.75. The molecule has 2 saturated heterocycles. The summed E-state index contributed by atoms with van der Waals surface area (Å²) >= 11 is 7.51. The molecule has 2 aromatic heterocycles. The van der Waals surface area contributed by atoms with E-state index in [1.54, 1.807) is 11.0 Å². The number of carboxylic acid groups (broad SMARTS) is 1. The number of benzene rings is 1. The standard InChI is InChI=1S/C30H39ClN8O3S/c1-18-7-6-8-21(31)26(18)36-27(40)22-17-32-28(43-22)35-24-16-25(34-19(2)33-24)38-13-11-37(12-14-38)20-9-10-39(29(41)42)23(15-20)30(3,4)5/h6-8,16-17,20,23H,9-15H2,1-5H3,(H,36,40)(H,41,42)(H,32,33,34,35). The highest BCUT2D eigenvalue weighted by Crippen LogP contribution is 2.34. The Hall–Kier alpha value is -3.48. The molecule has 13 heteroatoms. The van der Waals surface area contributed by atoms with Gasteiger partial charge in [0, 0.05) is 50.9 Å². The summed E-state index contributed by atoms with van der Waals surface area (Å²) in [4.78, 5) is 45.2. The maximum atomic E-state index is 12.9. The molecule has 1 aromatic carbocycles. The number of thiazole rings is 1. The fourth-order valence-corrected chi connectivity index (χ4v) is 6.92. The molecule has 11 nitrogen and oxygen atoms in total. The molecule has 0 bridgehead atoms. The lowest BCUT2D eigenvalue weighted by molar-refractivity contribution is 0.0184. The number of piperazine rings is 1. The van der Waals surface area contributed by atoms with Crippen molar-refractivity contribution >= 4 is 57.4 Å². The van der Waals surface area contributed by atoms with Crippen molar-refractivity contribution in [2.75, 3.05) is 48.3 Å². The molecule has 43 heavy (non-hydrogen) atoms. The highest BCUT2D eigenvalue weighted by Gasteiger charge is 2.40. The first-order chi connectivity index (χ1) is 20.4. The molecule has 2 unspecified atom stereocenters. The van der Waals surface area contributed by atoms with Crippen molar-refractivity contribution in [1.82, 2.24) is 24.8 Å². The third-order valence-electron chi connectivity index (χ3n) is 8.22. The molecule has 0 saturated carbocycles. The van der Waals surface area contributed by atoms with Crippen LogP contribution in [0.15, 0.2) is 30.5 Å². The number of nitrogens with zero attached hydrogens (tertiary/aromatic N) is 6. The zero-order valence-corrected chi connectivity index (χ0v) is 26.8. The number of amides is 2. The zero-order valence-electron chi connectivity index (χ0n) is 25.2. The number of anilines is 4. The van der Waals surface area contributed by atoms with E-state index >= 15 is 0 Å². The molecule has 0 aliphatic carbocycles. The Bertz CT molecular complexity index is 1460. The number of hydrogen-bond donors (Lipinski definition) is 3. The van der Waals surface area contributed by atoms with Crippen LogP contribution in [0, 0.1) is 19.3 Å². The van der Waals surface area contributed by atoms with Crippen LogP contribution in [0.3, 0.4) is 0 Å². The molecule has 2 aliphatic rings. The molecule has 2 amide bonds. The number of carbonyl (C=O) groups excluding carboxylic acids is 1. The number of carbonyl (C=O) groups is 2. The van der Waals surface area contributed by atoms with Crippen LogP contribution in [-0.2, 0) is 0 Å². The number of rotatable bonds is 6. The first-order valence-corrected chi connectivity index (χ1v) is 15.7. The number of piperidine rings is 1. The van der Waals surface area contributed by atoms with E-state index in [-0.39, 0.29) is 17.4 Å². The van der Waals surface area contributed by atoms with Gasteiger partial charge in [-0.1, -0.05) is 55.8 Å². The van der Waals surface area contributed by atoms with Gasteiger partial charge in [-0.3, -0.25) is 9.69 Å². The molecule has 5 rings (SSSR count). The summed E-state index contributed by atoms with van der Waals surface area (Å²) in [5.41, 5.74) is 1.36. The van der Waals surface area contributed by atoms with Crippen molar-refractivity contribution in [3.8, 4) is 0 Å². The Labute approximate surface area is 261 Å². The average Bonchev–Trinajstić information content (AvgIpc) is 3.42. The molecule has 2 atom stereocenters. The molecule has 3 aromatic rings. The number of halogens is 1. The Morgan fingerprint density at radius 1 is 1.09 bits per heavy atom. The number of aromatic nitrogens is 3. The molecule has 2 fully saturated rings. The monoisotopic (exact) mass is 626 g/mol. The molecule has 230 valence electrons. The van der Waals surface area contributed by atoms with Gasteiger partial charge >= 0.3 is 6.09 Å². The van der Waals surface area contributed by atoms with Gasteiger partial charge in [-0.2, -0.15) is 0 Å². The van der Waals surface area contributed by atoms with E-state index in [0.717, 1.165) is 50.4 Å². The second-order valence-corrected chi connectivity index (χ2v) is 13.7. The van der Waals surface area contributed by atoms with Gasteiger partial charge in [0.1, 0.15) is 22.3 Å². The smallest absolute Gasteiger partial charge is 0.407 e. The summed E-state index contributed by atoms with van der Waals surface area (Å²) in [6.07, 6.45) is 2.41. The molecule has 0 radical (unpaired) electrons. The second-order valence-electron chi connectivity index (χ2n) is 12.3. The minimum Gasteiger partial charge on any atom is -0.465 e. The quantitative estimate of drug-likeness (QED) is 0.307. The Balaban J connectivity index is 1.20. The van der Waals surface area contributed by atoms with Gasteiger partial charge in [-0.15, -0.1) is 0 Å². The number of aryl methyl sites for hydroxylation is 2. The van der Waals surface area contributed by atoms with Gasteiger partial charge in [0.2, 0.25) is 0 Å². The average molecular weight is 627 g/mol. The third kappa shape index (κ3) is 7.19. The largest absolute Gasteiger partial charge is 0.465 e. The number of likely N-dealkylation sites (tertiary alicyclic amines) is 1. The van der Waals surface area contributed by atoms with Crippen molar-refractivity contribution in [3.63, 3.8) is 0 Å². The second kappa shape index (κ2) is 12.6. The topological polar surface area (TPSA) is 127 Å². The lowest BCUT2D eigenvalue weighted by Gasteiger charge is -2.49. The summed E-state index contributed by atoms with van der Waals surface area (Å²) in [5.74, 6) is 1.82. The highest BCUT2D eigenvalue weighted by molar-refractivity contribution is 7.17. The Morgan fingerprint density at radius 2 is 1.84 bits per heavy atom. The molecular formula is C30H39ClN8O3S. The fourth-order valence-electron chi connectivity index (χ4n) is 5.93. The van der Waals surface area contributed by atoms with E-state index < -0.39 is 6.09 Å². The first kappa shape index (κ1) is 31.0. The normalized spacial score (nSPS) is 19.8. The summed E-state index contributed by atoms with van der Waals surface area (Å²) in [6.45, 7) is 14.1. The van der Waals surface area contributed by atoms with Crippen molar-refractivity contribution in [2.24, 2.45) is 5.41 Å². The van der Waals surface area contributed by atoms with Crippen LogP contribution >= 0.6 is 22.9 Å². The van der Waals surface area contributed by atoms with Crippen LogP contribution < -0.4 is 15.5 Å². The van der Waals surface area contributed by atoms with E-state index in [1.165, 1.54) is 17.5 Å². The van der Waals surface area contributed by atoms with Crippen molar-refractivity contribution in [2.45, 2.75) is 59.5 Å². The van der Waals surface area contributed by atoms with E-state index in [9.17, 15) is 14.7 Å². The van der Waals surface area contributed by atoms with Crippen LogP contribution in [-0.4, -0.2) is 86.7 Å².